The lowest BCUT2D eigenvalue weighted by Crippen LogP contribution is -2.41. The van der Waals surface area contributed by atoms with Gasteiger partial charge in [0, 0.05) is 28.1 Å². The van der Waals surface area contributed by atoms with E-state index in [1.165, 1.54) is 39.0 Å². The molecular formula is C30H30BNO2. The van der Waals surface area contributed by atoms with Crippen LogP contribution in [0.3, 0.4) is 0 Å². The molecule has 3 aromatic carbocycles. The molecule has 1 saturated heterocycles. The highest BCUT2D eigenvalue weighted by Crippen LogP contribution is 2.45. The molecule has 3 nitrogen and oxygen atoms in total. The summed E-state index contributed by atoms with van der Waals surface area (Å²) in [5.74, 6) is 0.170. The quantitative estimate of drug-likeness (QED) is 0.307. The van der Waals surface area contributed by atoms with Gasteiger partial charge < -0.3 is 13.9 Å². The van der Waals surface area contributed by atoms with Gasteiger partial charge in [0.1, 0.15) is 0 Å². The van der Waals surface area contributed by atoms with Gasteiger partial charge in [0.2, 0.25) is 0 Å². The maximum absolute atomic E-state index is 6.43. The Morgan fingerprint density at radius 1 is 0.794 bits per heavy atom. The Morgan fingerprint density at radius 3 is 2.12 bits per heavy atom. The molecule has 0 N–H and O–H groups in total. The molecule has 0 saturated carbocycles. The van der Waals surface area contributed by atoms with E-state index in [1.54, 1.807) is 0 Å². The lowest BCUT2D eigenvalue weighted by Gasteiger charge is -2.32. The predicted molar refractivity (Wildman–Crippen MR) is 141 cm³/mol. The van der Waals surface area contributed by atoms with Crippen LogP contribution < -0.4 is 0 Å². The van der Waals surface area contributed by atoms with Crippen LogP contribution in [0.1, 0.15) is 39.0 Å². The third kappa shape index (κ3) is 3.28. The van der Waals surface area contributed by atoms with Gasteiger partial charge in [0.15, 0.2) is 0 Å². The summed E-state index contributed by atoms with van der Waals surface area (Å²) in [6, 6.07) is 28.0. The Kier molecular flexibility index (Phi) is 4.88. The summed E-state index contributed by atoms with van der Waals surface area (Å²) in [5, 5.41) is 1.30. The fourth-order valence-corrected chi connectivity index (χ4v) is 5.28. The summed E-state index contributed by atoms with van der Waals surface area (Å²) < 4.78 is 15.3. The van der Waals surface area contributed by atoms with Crippen LogP contribution in [0.25, 0.3) is 33.8 Å². The zero-order chi connectivity index (χ0) is 23.5. The van der Waals surface area contributed by atoms with Gasteiger partial charge in [0.25, 0.3) is 0 Å². The van der Waals surface area contributed by atoms with Crippen molar-refractivity contribution in [3.63, 3.8) is 0 Å². The summed E-state index contributed by atoms with van der Waals surface area (Å²) in [7, 11) is -0.248. The second-order valence-corrected chi connectivity index (χ2v) is 10.5. The van der Waals surface area contributed by atoms with E-state index >= 15 is 0 Å². The Morgan fingerprint density at radius 2 is 1.44 bits per heavy atom. The smallest absolute Gasteiger partial charge is 0.403 e. The molecule has 1 aliphatic carbocycles. The number of fused-ring (bicyclic) bond motifs is 3. The molecule has 1 unspecified atom stereocenters. The van der Waals surface area contributed by atoms with Gasteiger partial charge in [-0.2, -0.15) is 0 Å². The van der Waals surface area contributed by atoms with E-state index in [0.29, 0.717) is 0 Å². The molecule has 4 heteroatoms. The molecule has 0 amide bonds. The number of allylic oxidation sites excluding steroid dienone is 1. The third-order valence-corrected chi connectivity index (χ3v) is 7.80. The van der Waals surface area contributed by atoms with E-state index in [1.807, 2.05) is 0 Å². The van der Waals surface area contributed by atoms with Crippen molar-refractivity contribution >= 4 is 24.1 Å². The zero-order valence-electron chi connectivity index (χ0n) is 20.3. The average molecular weight is 447 g/mol. The van der Waals surface area contributed by atoms with E-state index in [9.17, 15) is 0 Å². The van der Waals surface area contributed by atoms with Crippen LogP contribution >= 0.6 is 0 Å². The van der Waals surface area contributed by atoms with Crippen LogP contribution in [-0.2, 0) is 15.7 Å². The average Bonchev–Trinajstić information content (AvgIpc) is 3.29. The molecule has 0 bridgehead atoms. The van der Waals surface area contributed by atoms with Gasteiger partial charge in [-0.1, -0.05) is 72.8 Å². The van der Waals surface area contributed by atoms with Crippen molar-refractivity contribution < 1.29 is 9.31 Å². The molecule has 2 aliphatic rings. The van der Waals surface area contributed by atoms with E-state index < -0.39 is 0 Å². The van der Waals surface area contributed by atoms with Gasteiger partial charge in [0.05, 0.1) is 16.7 Å². The first kappa shape index (κ1) is 21.5. The van der Waals surface area contributed by atoms with Crippen molar-refractivity contribution in [2.24, 2.45) is 0 Å². The zero-order valence-corrected chi connectivity index (χ0v) is 20.3. The maximum atomic E-state index is 6.43. The highest BCUT2D eigenvalue weighted by atomic mass is 16.7. The Balaban J connectivity index is 1.53. The van der Waals surface area contributed by atoms with Crippen LogP contribution in [-0.4, -0.2) is 22.9 Å². The number of aromatic nitrogens is 1. The lowest BCUT2D eigenvalue weighted by molar-refractivity contribution is 0.00578. The molecular weight excluding hydrogens is 417 g/mol. The maximum Gasteiger partial charge on any atom is 0.465 e. The first-order valence-corrected chi connectivity index (χ1v) is 12.2. The number of rotatable bonds is 3. The molecule has 170 valence electrons. The van der Waals surface area contributed by atoms with Crippen LogP contribution in [0.4, 0.5) is 0 Å². The van der Waals surface area contributed by atoms with Crippen molar-refractivity contribution in [1.29, 1.82) is 0 Å². The molecule has 1 atom stereocenters. The first-order chi connectivity index (χ1) is 16.4. The third-order valence-electron chi connectivity index (χ3n) is 7.80. The van der Waals surface area contributed by atoms with Gasteiger partial charge in [-0.05, 0) is 63.5 Å². The van der Waals surface area contributed by atoms with E-state index in [4.69, 9.17) is 9.31 Å². The fraction of sp³-hybridized carbons (Fsp3) is 0.267. The fourth-order valence-electron chi connectivity index (χ4n) is 5.28. The molecule has 1 aliphatic heterocycles. The molecule has 34 heavy (non-hydrogen) atoms. The minimum atomic E-state index is -0.329. The SMILES string of the molecule is CC1(C)OB(C2C=Cc3c(c4cccc(-c5ccccc5)c4n3-c3ccccc3)C2)OC1(C)C. The summed E-state index contributed by atoms with van der Waals surface area (Å²) >= 11 is 0. The van der Waals surface area contributed by atoms with Crippen molar-refractivity contribution in [2.45, 2.75) is 51.1 Å². The number of nitrogens with zero attached hydrogens (tertiary/aromatic N) is 1. The summed E-state index contributed by atoms with van der Waals surface area (Å²) in [4.78, 5) is 0. The van der Waals surface area contributed by atoms with Crippen molar-refractivity contribution in [1.82, 2.24) is 4.57 Å². The highest BCUT2D eigenvalue weighted by Gasteiger charge is 2.53. The van der Waals surface area contributed by atoms with Gasteiger partial charge in [-0.25, -0.2) is 0 Å². The lowest BCUT2D eigenvalue weighted by atomic mass is 9.66. The van der Waals surface area contributed by atoms with Crippen LogP contribution in [0.15, 0.2) is 84.9 Å². The van der Waals surface area contributed by atoms with Gasteiger partial charge in [-0.3, -0.25) is 0 Å². The summed E-state index contributed by atoms with van der Waals surface area (Å²) in [6.45, 7) is 8.49. The molecule has 2 heterocycles. The normalized spacial score (nSPS) is 20.6. The highest BCUT2D eigenvalue weighted by molar-refractivity contribution is 6.48. The number of hydrogen-bond donors (Lipinski definition) is 0. The summed E-state index contributed by atoms with van der Waals surface area (Å²) in [5.41, 5.74) is 6.86. The minimum absolute atomic E-state index is 0.170. The standard InChI is InChI=1S/C30H30BNO2/c1-29(2)30(3,4)34-31(33-29)22-18-19-27-26(20-22)25-17-11-16-24(21-12-7-5-8-13-21)28(25)32(27)23-14-9-6-10-15-23/h5-19,22H,20H2,1-4H3. The van der Waals surface area contributed by atoms with Gasteiger partial charge >= 0.3 is 7.12 Å². The minimum Gasteiger partial charge on any atom is -0.403 e. The molecule has 0 radical (unpaired) electrons. The van der Waals surface area contributed by atoms with E-state index in [0.717, 1.165) is 6.42 Å². The molecule has 0 spiro atoms. The van der Waals surface area contributed by atoms with Crippen molar-refractivity contribution in [3.8, 4) is 16.8 Å². The van der Waals surface area contributed by atoms with Crippen molar-refractivity contribution in [2.75, 3.05) is 0 Å². The van der Waals surface area contributed by atoms with E-state index in [-0.39, 0.29) is 24.1 Å². The molecule has 4 aromatic rings. The van der Waals surface area contributed by atoms with Crippen LogP contribution in [0, 0.1) is 0 Å². The van der Waals surface area contributed by atoms with E-state index in [2.05, 4.69) is 123 Å². The van der Waals surface area contributed by atoms with Gasteiger partial charge in [-0.15, -0.1) is 0 Å². The monoisotopic (exact) mass is 447 g/mol. The largest absolute Gasteiger partial charge is 0.465 e. The molecule has 1 fully saturated rings. The topological polar surface area (TPSA) is 23.4 Å². The number of para-hydroxylation sites is 2. The van der Waals surface area contributed by atoms with Crippen LogP contribution in [0.5, 0.6) is 0 Å². The Labute approximate surface area is 202 Å². The van der Waals surface area contributed by atoms with Crippen LogP contribution in [0.2, 0.25) is 5.82 Å². The summed E-state index contributed by atoms with van der Waals surface area (Å²) in [6.07, 6.45) is 5.44. The number of benzene rings is 3. The van der Waals surface area contributed by atoms with Crippen molar-refractivity contribution in [3.05, 3.63) is 96.2 Å². The molecule has 6 rings (SSSR count). The number of hydrogen-bond acceptors (Lipinski definition) is 2. The Bertz CT molecular complexity index is 1370. The molecule has 1 aromatic heterocycles. The Hall–Kier alpha value is -3.08. The second-order valence-electron chi connectivity index (χ2n) is 10.5. The predicted octanol–water partition coefficient (Wildman–Crippen LogP) is 7.33. The first-order valence-electron chi connectivity index (χ1n) is 12.2. The second kappa shape index (κ2) is 7.73.